The molecule has 0 atom stereocenters. The molecule has 0 spiro atoms. The third-order valence-corrected chi connectivity index (χ3v) is 14.1. The van der Waals surface area contributed by atoms with Crippen molar-refractivity contribution in [3.63, 3.8) is 0 Å². The topological polar surface area (TPSA) is 0 Å². The first-order valence-corrected chi connectivity index (χ1v) is 22.9. The number of hydrogen-bond donors (Lipinski definition) is 0. The van der Waals surface area contributed by atoms with Crippen molar-refractivity contribution in [2.75, 3.05) is 0 Å². The van der Waals surface area contributed by atoms with E-state index in [9.17, 15) is 0 Å². The Kier molecular flexibility index (Phi) is 15.6. The molecule has 2 aliphatic rings. The zero-order chi connectivity index (χ0) is 36.8. The van der Waals surface area contributed by atoms with Crippen molar-refractivity contribution < 1.29 is 0 Å². The Bertz CT molecular complexity index is 1520. The summed E-state index contributed by atoms with van der Waals surface area (Å²) >= 11 is 2.01. The largest absolute Gasteiger partial charge is 0.0895 e. The number of unbranched alkanes of at least 4 members (excludes halogenated alkanes) is 6. The lowest BCUT2D eigenvalue weighted by atomic mass is 9.79. The molecule has 4 aromatic carbocycles. The Morgan fingerprint density at radius 3 is 1.19 bits per heavy atom. The maximum absolute atomic E-state index is 2.55. The molecule has 53 heavy (non-hydrogen) atoms. The lowest BCUT2D eigenvalue weighted by molar-refractivity contribution is 0.348. The maximum atomic E-state index is 2.55. The van der Waals surface area contributed by atoms with Crippen LogP contribution < -0.4 is 0 Å². The molecule has 0 aliphatic heterocycles. The van der Waals surface area contributed by atoms with Crippen LogP contribution in [0.5, 0.6) is 0 Å². The summed E-state index contributed by atoms with van der Waals surface area (Å²) in [6, 6.07) is 34.4. The fourth-order valence-corrected chi connectivity index (χ4v) is 10.2. The minimum Gasteiger partial charge on any atom is -0.0895 e. The molecule has 4 aromatic rings. The van der Waals surface area contributed by atoms with Gasteiger partial charge < -0.3 is 0 Å². The van der Waals surface area contributed by atoms with E-state index in [1.807, 2.05) is 11.8 Å². The maximum Gasteiger partial charge on any atom is 0.0158 e. The van der Waals surface area contributed by atoms with Crippen molar-refractivity contribution >= 4 is 11.8 Å². The van der Waals surface area contributed by atoms with Crippen LogP contribution in [0.4, 0.5) is 0 Å². The van der Waals surface area contributed by atoms with Crippen LogP contribution in [0.3, 0.4) is 0 Å². The van der Waals surface area contributed by atoms with Gasteiger partial charge in [0.05, 0.1) is 0 Å². The van der Waals surface area contributed by atoms with Crippen LogP contribution in [0, 0.1) is 11.8 Å². The molecule has 1 heteroatoms. The minimum atomic E-state index is 0.748. The van der Waals surface area contributed by atoms with Crippen molar-refractivity contribution in [2.24, 2.45) is 11.8 Å². The second-order valence-corrected chi connectivity index (χ2v) is 18.4. The van der Waals surface area contributed by atoms with Crippen molar-refractivity contribution in [1.82, 2.24) is 0 Å². The van der Waals surface area contributed by atoms with Gasteiger partial charge >= 0.3 is 0 Å². The first-order valence-electron chi connectivity index (χ1n) is 22.1. The Morgan fingerprint density at radius 1 is 0.434 bits per heavy atom. The summed E-state index contributed by atoms with van der Waals surface area (Å²) in [5.41, 5.74) is 12.0. The summed E-state index contributed by atoms with van der Waals surface area (Å²) in [6.45, 7) is 9.47. The summed E-state index contributed by atoms with van der Waals surface area (Å²) in [7, 11) is 0. The molecule has 2 fully saturated rings. The van der Waals surface area contributed by atoms with Crippen LogP contribution in [0.2, 0.25) is 0 Å². The molecule has 2 aliphatic carbocycles. The van der Waals surface area contributed by atoms with Crippen molar-refractivity contribution in [1.29, 1.82) is 0 Å². The second kappa shape index (κ2) is 20.8. The van der Waals surface area contributed by atoms with E-state index in [0.717, 1.165) is 36.5 Å². The predicted octanol–water partition coefficient (Wildman–Crippen LogP) is 15.9. The quantitative estimate of drug-likeness (QED) is 0.0920. The third kappa shape index (κ3) is 12.1. The van der Waals surface area contributed by atoms with E-state index in [2.05, 4.69) is 113 Å². The average molecular weight is 727 g/mol. The van der Waals surface area contributed by atoms with E-state index in [4.69, 9.17) is 0 Å². The predicted molar refractivity (Wildman–Crippen MR) is 232 cm³/mol. The van der Waals surface area contributed by atoms with E-state index < -0.39 is 0 Å². The van der Waals surface area contributed by atoms with Crippen LogP contribution in [0.15, 0.2) is 94.7 Å². The monoisotopic (exact) mass is 727 g/mol. The second-order valence-electron chi connectivity index (χ2n) is 17.4. The molecular weight excluding hydrogens is 657 g/mol. The standard InChI is InChI=1S/C52H70S/c1-5-7-9-11-13-41-23-33-51(49(35-41)37-43-19-29-47(30-20-43)45-25-15-39(3)16-26-45)53-52-34-24-42(14-12-10-8-6-2)36-50(52)38-44-21-31-48(32-22-44)46-27-17-40(4)18-28-46/h19-24,29-36,39-40,45-46H,5-18,25-28,37-38H2,1-4H3/t39-,40-,45-,46-. The zero-order valence-corrected chi connectivity index (χ0v) is 34.8. The van der Waals surface area contributed by atoms with Gasteiger partial charge in [-0.2, -0.15) is 0 Å². The normalized spacial score (nSPS) is 20.5. The molecule has 284 valence electrons. The molecule has 2 saturated carbocycles. The van der Waals surface area contributed by atoms with Crippen LogP contribution in [0.1, 0.15) is 187 Å². The van der Waals surface area contributed by atoms with Gasteiger partial charge in [0.15, 0.2) is 0 Å². The highest BCUT2D eigenvalue weighted by molar-refractivity contribution is 7.99. The van der Waals surface area contributed by atoms with Crippen LogP contribution >= 0.6 is 11.8 Å². The van der Waals surface area contributed by atoms with E-state index in [-0.39, 0.29) is 0 Å². The summed E-state index contributed by atoms with van der Waals surface area (Å²) in [4.78, 5) is 2.85. The number of hydrogen-bond acceptors (Lipinski definition) is 1. The van der Waals surface area contributed by atoms with Gasteiger partial charge in [-0.1, -0.05) is 176 Å². The molecule has 0 nitrogen and oxygen atoms in total. The molecule has 0 aromatic heterocycles. The average Bonchev–Trinajstić information content (AvgIpc) is 3.18. The van der Waals surface area contributed by atoms with Crippen molar-refractivity contribution in [3.05, 3.63) is 129 Å². The third-order valence-electron chi connectivity index (χ3n) is 12.8. The molecule has 0 amide bonds. The molecule has 0 N–H and O–H groups in total. The van der Waals surface area contributed by atoms with Gasteiger partial charge in [-0.25, -0.2) is 0 Å². The Hall–Kier alpha value is -2.77. The Balaban J connectivity index is 1.23. The SMILES string of the molecule is CCCCCCc1ccc(Sc2ccc(CCCCCC)cc2Cc2ccc([C@H]3CC[C@H](C)CC3)cc2)c(Cc2ccc([C@H]3CC[C@H](C)CC3)cc2)c1. The summed E-state index contributed by atoms with van der Waals surface area (Å²) in [5.74, 6) is 3.29. The molecule has 0 saturated heterocycles. The summed E-state index contributed by atoms with van der Waals surface area (Å²) in [6.07, 6.45) is 25.8. The fourth-order valence-electron chi connectivity index (χ4n) is 9.12. The highest BCUT2D eigenvalue weighted by Crippen LogP contribution is 2.39. The smallest absolute Gasteiger partial charge is 0.0158 e. The number of rotatable bonds is 18. The van der Waals surface area contributed by atoms with Crippen LogP contribution in [0.25, 0.3) is 0 Å². The highest BCUT2D eigenvalue weighted by atomic mass is 32.2. The van der Waals surface area contributed by atoms with Gasteiger partial charge in [0.25, 0.3) is 0 Å². The van der Waals surface area contributed by atoms with E-state index in [1.54, 1.807) is 11.1 Å². The van der Waals surface area contributed by atoms with Crippen LogP contribution in [-0.2, 0) is 25.7 Å². The molecule has 0 radical (unpaired) electrons. The Morgan fingerprint density at radius 2 is 0.811 bits per heavy atom. The van der Waals surface area contributed by atoms with Gasteiger partial charge in [-0.05, 0) is 145 Å². The molecule has 0 heterocycles. The van der Waals surface area contributed by atoms with Gasteiger partial charge in [0, 0.05) is 9.79 Å². The van der Waals surface area contributed by atoms with Crippen molar-refractivity contribution in [2.45, 2.75) is 178 Å². The first-order chi connectivity index (χ1) is 26.0. The van der Waals surface area contributed by atoms with Gasteiger partial charge in [0.2, 0.25) is 0 Å². The minimum absolute atomic E-state index is 0.748. The van der Waals surface area contributed by atoms with Gasteiger partial charge in [-0.15, -0.1) is 0 Å². The molecule has 0 unspecified atom stereocenters. The molecular formula is C52H70S. The van der Waals surface area contributed by atoms with E-state index in [0.29, 0.717) is 0 Å². The highest BCUT2D eigenvalue weighted by Gasteiger charge is 2.21. The summed E-state index contributed by atoms with van der Waals surface area (Å²) < 4.78 is 0. The zero-order valence-electron chi connectivity index (χ0n) is 33.9. The van der Waals surface area contributed by atoms with E-state index in [1.165, 1.54) is 159 Å². The fraction of sp³-hybridized carbons (Fsp3) is 0.538. The molecule has 0 bridgehead atoms. The van der Waals surface area contributed by atoms with Crippen molar-refractivity contribution in [3.8, 4) is 0 Å². The number of benzene rings is 4. The van der Waals surface area contributed by atoms with Gasteiger partial charge in [-0.3, -0.25) is 0 Å². The van der Waals surface area contributed by atoms with Crippen LogP contribution in [-0.4, -0.2) is 0 Å². The molecule has 6 rings (SSSR count). The number of aryl methyl sites for hydroxylation is 2. The van der Waals surface area contributed by atoms with Gasteiger partial charge in [0.1, 0.15) is 0 Å². The lowest BCUT2D eigenvalue weighted by Gasteiger charge is -2.26. The summed E-state index contributed by atoms with van der Waals surface area (Å²) in [5, 5.41) is 0. The first kappa shape index (κ1) is 39.9. The van der Waals surface area contributed by atoms with E-state index >= 15 is 0 Å². The Labute approximate surface area is 329 Å². The lowest BCUT2D eigenvalue weighted by Crippen LogP contribution is -2.10.